The largest absolute Gasteiger partial charge is 0.493 e. The van der Waals surface area contributed by atoms with Gasteiger partial charge in [0, 0.05) is 46.1 Å². The van der Waals surface area contributed by atoms with Crippen molar-refractivity contribution >= 4 is 52.1 Å². The SMILES string of the molecule is COc1cc(NC(=S)NCCSC(c2cc(Cl)ccc2N)C2CCCCC2)cc(OC)c1OC. The number of benzene rings is 2. The molecular formula is C25H34ClN3O3S2. The molecule has 4 N–H and O–H groups in total. The summed E-state index contributed by atoms with van der Waals surface area (Å²) in [7, 11) is 4.75. The highest BCUT2D eigenvalue weighted by Crippen LogP contribution is 2.45. The first kappa shape index (κ1) is 26.6. The molecule has 0 amide bonds. The van der Waals surface area contributed by atoms with Crippen molar-refractivity contribution in [3.63, 3.8) is 0 Å². The maximum Gasteiger partial charge on any atom is 0.203 e. The molecule has 34 heavy (non-hydrogen) atoms. The van der Waals surface area contributed by atoms with Crippen molar-refractivity contribution in [1.29, 1.82) is 0 Å². The van der Waals surface area contributed by atoms with Crippen LogP contribution in [0.3, 0.4) is 0 Å². The zero-order valence-electron chi connectivity index (χ0n) is 20.0. The molecule has 9 heteroatoms. The number of halogens is 1. The molecule has 3 rings (SSSR count). The summed E-state index contributed by atoms with van der Waals surface area (Å²) < 4.78 is 16.2. The van der Waals surface area contributed by atoms with Crippen LogP contribution >= 0.6 is 35.6 Å². The van der Waals surface area contributed by atoms with Crippen molar-refractivity contribution in [3.05, 3.63) is 40.9 Å². The Morgan fingerprint density at radius 1 is 1.09 bits per heavy atom. The highest BCUT2D eigenvalue weighted by atomic mass is 35.5. The molecule has 1 saturated carbocycles. The molecule has 1 aliphatic carbocycles. The number of methoxy groups -OCH3 is 3. The van der Waals surface area contributed by atoms with Crippen LogP contribution in [-0.4, -0.2) is 38.7 Å². The number of nitrogens with one attached hydrogen (secondary N) is 2. The molecule has 0 saturated heterocycles. The van der Waals surface area contributed by atoms with Gasteiger partial charge in [-0.3, -0.25) is 0 Å². The van der Waals surface area contributed by atoms with Crippen molar-refractivity contribution in [2.24, 2.45) is 5.92 Å². The van der Waals surface area contributed by atoms with Crippen LogP contribution in [0.15, 0.2) is 30.3 Å². The van der Waals surface area contributed by atoms with Crippen LogP contribution in [0.2, 0.25) is 5.02 Å². The first-order valence-corrected chi connectivity index (χ1v) is 13.3. The number of nitrogens with two attached hydrogens (primary N) is 1. The minimum Gasteiger partial charge on any atom is -0.493 e. The lowest BCUT2D eigenvalue weighted by atomic mass is 9.84. The third-order valence-electron chi connectivity index (χ3n) is 6.04. The average Bonchev–Trinajstić information content (AvgIpc) is 2.85. The number of thioether (sulfide) groups is 1. The molecule has 2 aromatic carbocycles. The van der Waals surface area contributed by atoms with Crippen LogP contribution in [-0.2, 0) is 0 Å². The third-order valence-corrected chi connectivity index (χ3v) is 7.96. The van der Waals surface area contributed by atoms with Crippen molar-refractivity contribution in [2.45, 2.75) is 37.4 Å². The minimum absolute atomic E-state index is 0.331. The Balaban J connectivity index is 1.59. The number of rotatable bonds is 10. The Morgan fingerprint density at radius 2 is 1.76 bits per heavy atom. The molecule has 0 radical (unpaired) electrons. The first-order chi connectivity index (χ1) is 16.5. The van der Waals surface area contributed by atoms with Gasteiger partial charge in [-0.2, -0.15) is 11.8 Å². The molecule has 1 fully saturated rings. The lowest BCUT2D eigenvalue weighted by molar-refractivity contribution is 0.324. The van der Waals surface area contributed by atoms with E-state index in [0.717, 1.165) is 34.3 Å². The van der Waals surface area contributed by atoms with Gasteiger partial charge in [-0.15, -0.1) is 0 Å². The quantitative estimate of drug-likeness (QED) is 0.190. The molecule has 2 aromatic rings. The van der Waals surface area contributed by atoms with Crippen LogP contribution in [0.25, 0.3) is 0 Å². The standard InChI is InChI=1S/C25H34ClN3O3S2/c1-30-21-14-18(15-22(31-2)23(21)32-3)29-25(33)28-11-12-34-24(16-7-5-4-6-8-16)19-13-17(26)9-10-20(19)27/h9-10,13-16,24H,4-8,11-12,27H2,1-3H3,(H2,28,29,33). The van der Waals surface area contributed by atoms with Gasteiger partial charge in [-0.25, -0.2) is 0 Å². The third kappa shape index (κ3) is 6.99. The van der Waals surface area contributed by atoms with Crippen LogP contribution in [0.1, 0.15) is 42.9 Å². The fraction of sp³-hybridized carbons (Fsp3) is 0.480. The summed E-state index contributed by atoms with van der Waals surface area (Å²) in [5, 5.41) is 8.10. The summed E-state index contributed by atoms with van der Waals surface area (Å²) in [6.07, 6.45) is 6.35. The topological polar surface area (TPSA) is 77.8 Å². The molecule has 0 bridgehead atoms. The monoisotopic (exact) mass is 523 g/mol. The Bertz CT molecular complexity index is 945. The average molecular weight is 524 g/mol. The van der Waals surface area contributed by atoms with E-state index < -0.39 is 0 Å². The normalized spacial score (nSPS) is 14.8. The molecule has 0 spiro atoms. The van der Waals surface area contributed by atoms with Crippen LogP contribution < -0.4 is 30.6 Å². The minimum atomic E-state index is 0.331. The molecule has 1 aliphatic rings. The number of anilines is 2. The maximum atomic E-state index is 6.36. The van der Waals surface area contributed by atoms with Crippen LogP contribution in [0.5, 0.6) is 17.2 Å². The van der Waals surface area contributed by atoms with E-state index in [4.69, 9.17) is 43.8 Å². The van der Waals surface area contributed by atoms with E-state index >= 15 is 0 Å². The Kier molecular flexibility index (Phi) is 10.3. The van der Waals surface area contributed by atoms with Gasteiger partial charge < -0.3 is 30.6 Å². The second-order valence-corrected chi connectivity index (χ2v) is 10.4. The van der Waals surface area contributed by atoms with E-state index in [1.165, 1.54) is 32.1 Å². The molecule has 1 unspecified atom stereocenters. The zero-order chi connectivity index (χ0) is 24.5. The highest BCUT2D eigenvalue weighted by molar-refractivity contribution is 7.99. The molecule has 0 heterocycles. The van der Waals surface area contributed by atoms with E-state index in [1.807, 2.05) is 42.1 Å². The predicted octanol–water partition coefficient (Wildman–Crippen LogP) is 6.29. The van der Waals surface area contributed by atoms with Crippen molar-refractivity contribution in [3.8, 4) is 17.2 Å². The van der Waals surface area contributed by atoms with E-state index in [2.05, 4.69) is 10.6 Å². The number of hydrogen-bond donors (Lipinski definition) is 3. The van der Waals surface area contributed by atoms with Gasteiger partial charge in [0.15, 0.2) is 16.6 Å². The van der Waals surface area contributed by atoms with Crippen molar-refractivity contribution in [1.82, 2.24) is 5.32 Å². The molecule has 0 aromatic heterocycles. The molecule has 1 atom stereocenters. The summed E-state index contributed by atoms with van der Waals surface area (Å²) in [6, 6.07) is 9.46. The number of nitrogen functional groups attached to an aromatic ring is 1. The highest BCUT2D eigenvalue weighted by Gasteiger charge is 2.27. The first-order valence-electron chi connectivity index (χ1n) is 11.5. The summed E-state index contributed by atoms with van der Waals surface area (Å²) >= 11 is 13.7. The fourth-order valence-electron chi connectivity index (χ4n) is 4.39. The Hall–Kier alpha value is -2.03. The predicted molar refractivity (Wildman–Crippen MR) is 148 cm³/mol. The summed E-state index contributed by atoms with van der Waals surface area (Å²) in [5.74, 6) is 3.18. The smallest absolute Gasteiger partial charge is 0.203 e. The van der Waals surface area contributed by atoms with E-state index in [1.54, 1.807) is 21.3 Å². The number of thiocarbonyl (C=S) groups is 1. The van der Waals surface area contributed by atoms with Gasteiger partial charge in [-0.1, -0.05) is 30.9 Å². The Morgan fingerprint density at radius 3 is 2.38 bits per heavy atom. The van der Waals surface area contributed by atoms with Gasteiger partial charge in [-0.05, 0) is 54.7 Å². The van der Waals surface area contributed by atoms with Crippen molar-refractivity contribution in [2.75, 3.05) is 44.7 Å². The second-order valence-electron chi connectivity index (χ2n) is 8.26. The molecule has 6 nitrogen and oxygen atoms in total. The molecule has 0 aliphatic heterocycles. The van der Waals surface area contributed by atoms with Crippen molar-refractivity contribution < 1.29 is 14.2 Å². The molecule has 186 valence electrons. The summed E-state index contributed by atoms with van der Waals surface area (Å²) in [5.41, 5.74) is 9.09. The Labute approximate surface area is 217 Å². The van der Waals surface area contributed by atoms with E-state index in [0.29, 0.717) is 33.5 Å². The van der Waals surface area contributed by atoms with Gasteiger partial charge in [0.05, 0.1) is 21.3 Å². The van der Waals surface area contributed by atoms with E-state index in [-0.39, 0.29) is 0 Å². The van der Waals surface area contributed by atoms with Gasteiger partial charge in [0.25, 0.3) is 0 Å². The van der Waals surface area contributed by atoms with Gasteiger partial charge in [0.1, 0.15) is 0 Å². The van der Waals surface area contributed by atoms with E-state index in [9.17, 15) is 0 Å². The molecular weight excluding hydrogens is 490 g/mol. The summed E-state index contributed by atoms with van der Waals surface area (Å²) in [6.45, 7) is 0.727. The number of hydrogen-bond acceptors (Lipinski definition) is 6. The maximum absolute atomic E-state index is 6.36. The van der Waals surface area contributed by atoms with Gasteiger partial charge in [0.2, 0.25) is 5.75 Å². The fourth-order valence-corrected chi connectivity index (χ4v) is 6.19. The lowest BCUT2D eigenvalue weighted by Gasteiger charge is -2.31. The zero-order valence-corrected chi connectivity index (χ0v) is 22.4. The number of ether oxygens (including phenoxy) is 3. The second kappa shape index (κ2) is 13.2. The summed E-state index contributed by atoms with van der Waals surface area (Å²) in [4.78, 5) is 0. The van der Waals surface area contributed by atoms with Crippen LogP contribution in [0.4, 0.5) is 11.4 Å². The van der Waals surface area contributed by atoms with Gasteiger partial charge >= 0.3 is 0 Å². The lowest BCUT2D eigenvalue weighted by Crippen LogP contribution is -2.30. The van der Waals surface area contributed by atoms with Crippen LogP contribution in [0, 0.1) is 5.92 Å².